The highest BCUT2D eigenvalue weighted by atomic mass is 32.2. The van der Waals surface area contributed by atoms with E-state index in [2.05, 4.69) is 47.1 Å². The molecule has 1 aromatic heterocycles. The molecule has 0 spiro atoms. The quantitative estimate of drug-likeness (QED) is 0.455. The first kappa shape index (κ1) is 23.3. The number of hydrazone groups is 1. The molecule has 1 amide bonds. The average molecular weight is 453 g/mol. The number of nitrogens with one attached hydrogen (secondary N) is 1. The number of hydrogen-bond acceptors (Lipinski definition) is 4. The fourth-order valence-electron chi connectivity index (χ4n) is 3.58. The maximum absolute atomic E-state index is 12.4. The first-order valence-electron chi connectivity index (χ1n) is 10.1. The highest BCUT2D eigenvalue weighted by molar-refractivity contribution is 7.92. The van der Waals surface area contributed by atoms with E-state index in [1.807, 2.05) is 19.9 Å². The van der Waals surface area contributed by atoms with Crippen molar-refractivity contribution >= 4 is 27.8 Å². The van der Waals surface area contributed by atoms with Gasteiger partial charge < -0.3 is 4.57 Å². The molecule has 0 aliphatic rings. The normalized spacial score (nSPS) is 11.7. The van der Waals surface area contributed by atoms with Crippen LogP contribution in [0.3, 0.4) is 0 Å². The summed E-state index contributed by atoms with van der Waals surface area (Å²) in [5.41, 5.74) is 9.93. The van der Waals surface area contributed by atoms with Crippen LogP contribution >= 0.6 is 0 Å². The smallest absolute Gasteiger partial charge is 0.271 e. The van der Waals surface area contributed by atoms with Crippen LogP contribution in [0.1, 0.15) is 38.4 Å². The maximum atomic E-state index is 12.4. The molecule has 168 valence electrons. The van der Waals surface area contributed by atoms with Crippen LogP contribution in [0.4, 0.5) is 5.69 Å². The van der Waals surface area contributed by atoms with E-state index < -0.39 is 10.0 Å². The number of benzene rings is 2. The Hall–Kier alpha value is -3.39. The van der Waals surface area contributed by atoms with Crippen LogP contribution in [0.5, 0.6) is 0 Å². The zero-order chi connectivity index (χ0) is 23.6. The lowest BCUT2D eigenvalue weighted by molar-refractivity contribution is 0.0955. The third kappa shape index (κ3) is 4.91. The molecule has 0 aliphatic carbocycles. The van der Waals surface area contributed by atoms with Crippen molar-refractivity contribution in [3.05, 3.63) is 82.2 Å². The number of anilines is 1. The molecule has 0 radical (unpaired) electrons. The maximum Gasteiger partial charge on any atom is 0.271 e. The molecule has 0 fully saturated rings. The van der Waals surface area contributed by atoms with Gasteiger partial charge in [-0.1, -0.05) is 17.7 Å². The molecule has 0 bridgehead atoms. The van der Waals surface area contributed by atoms with Gasteiger partial charge in [0.15, 0.2) is 0 Å². The molecule has 1 heterocycles. The largest absolute Gasteiger partial charge is 0.318 e. The summed E-state index contributed by atoms with van der Waals surface area (Å²) in [6.07, 6.45) is 2.76. The highest BCUT2D eigenvalue weighted by Gasteiger charge is 2.13. The van der Waals surface area contributed by atoms with Gasteiger partial charge in [-0.25, -0.2) is 13.8 Å². The predicted molar refractivity (Wildman–Crippen MR) is 129 cm³/mol. The molecule has 3 rings (SSSR count). The van der Waals surface area contributed by atoms with Crippen LogP contribution in [-0.2, 0) is 10.0 Å². The second-order valence-electron chi connectivity index (χ2n) is 7.93. The summed E-state index contributed by atoms with van der Waals surface area (Å²) < 4.78 is 26.6. The van der Waals surface area contributed by atoms with Crippen LogP contribution in [0, 0.1) is 27.7 Å². The Bertz CT molecular complexity index is 1290. The number of amides is 1. The second kappa shape index (κ2) is 9.00. The topological polar surface area (TPSA) is 83.8 Å². The molecule has 8 heteroatoms. The third-order valence-corrected chi connectivity index (χ3v) is 6.63. The number of nitrogens with zero attached hydrogens (tertiary/aromatic N) is 3. The SMILES string of the molecule is Cc1ccc(-n2c(C)cc(/C=N\NC(=O)c3ccc(N(C)S(C)(=O)=O)cc3)c2C)c(C)c1. The first-order valence-corrected chi connectivity index (χ1v) is 12.0. The molecule has 32 heavy (non-hydrogen) atoms. The van der Waals surface area contributed by atoms with E-state index >= 15 is 0 Å². The lowest BCUT2D eigenvalue weighted by Gasteiger charge is -2.16. The summed E-state index contributed by atoms with van der Waals surface area (Å²) in [7, 11) is -1.90. The van der Waals surface area contributed by atoms with Gasteiger partial charge in [-0.05, 0) is 69.7 Å². The first-order chi connectivity index (χ1) is 15.0. The number of rotatable bonds is 6. The summed E-state index contributed by atoms with van der Waals surface area (Å²) in [6, 6.07) is 14.7. The minimum absolute atomic E-state index is 0.377. The molecule has 0 aliphatic heterocycles. The third-order valence-electron chi connectivity index (χ3n) is 5.42. The summed E-state index contributed by atoms with van der Waals surface area (Å²) >= 11 is 0. The van der Waals surface area contributed by atoms with Crippen LogP contribution in [0.2, 0.25) is 0 Å². The Morgan fingerprint density at radius 1 is 1.03 bits per heavy atom. The molecule has 0 saturated heterocycles. The van der Waals surface area contributed by atoms with Crippen molar-refractivity contribution < 1.29 is 13.2 Å². The van der Waals surface area contributed by atoms with Gasteiger partial charge in [0.1, 0.15) is 0 Å². The minimum atomic E-state index is -3.36. The van der Waals surface area contributed by atoms with E-state index in [4.69, 9.17) is 0 Å². The van der Waals surface area contributed by atoms with Crippen LogP contribution in [-0.4, -0.2) is 38.4 Å². The average Bonchev–Trinajstić information content (AvgIpc) is 3.00. The van der Waals surface area contributed by atoms with Crippen molar-refractivity contribution in [2.24, 2.45) is 5.10 Å². The summed E-state index contributed by atoms with van der Waals surface area (Å²) in [6.45, 7) is 8.22. The molecule has 0 atom stereocenters. The van der Waals surface area contributed by atoms with Gasteiger partial charge in [-0.2, -0.15) is 5.10 Å². The van der Waals surface area contributed by atoms with Crippen molar-refractivity contribution in [1.29, 1.82) is 0 Å². The molecular formula is C24H28N4O3S. The zero-order valence-corrected chi connectivity index (χ0v) is 20.0. The van der Waals surface area contributed by atoms with Gasteiger partial charge in [0, 0.05) is 35.2 Å². The Balaban J connectivity index is 1.74. The lowest BCUT2D eigenvalue weighted by atomic mass is 10.1. The van der Waals surface area contributed by atoms with Crippen LogP contribution in [0.25, 0.3) is 5.69 Å². The number of hydrogen-bond donors (Lipinski definition) is 1. The van der Waals surface area contributed by atoms with E-state index in [1.165, 1.54) is 18.2 Å². The van der Waals surface area contributed by atoms with Crippen molar-refractivity contribution in [2.75, 3.05) is 17.6 Å². The van der Waals surface area contributed by atoms with E-state index in [1.54, 1.807) is 30.5 Å². The van der Waals surface area contributed by atoms with Crippen molar-refractivity contribution in [3.63, 3.8) is 0 Å². The molecule has 0 saturated carbocycles. The number of carbonyl (C=O) groups excluding carboxylic acids is 1. The standard InChI is InChI=1S/C24H28N4O3S/c1-16-7-12-23(17(2)13-16)28-18(3)14-21(19(28)4)15-25-26-24(29)20-8-10-22(11-9-20)27(5)32(6,30)31/h7-15H,1-6H3,(H,26,29)/b25-15-. The van der Waals surface area contributed by atoms with E-state index in [0.29, 0.717) is 11.3 Å². The van der Waals surface area contributed by atoms with Gasteiger partial charge in [-0.15, -0.1) is 0 Å². The van der Waals surface area contributed by atoms with Crippen LogP contribution in [0.15, 0.2) is 53.6 Å². The Kier molecular flexibility index (Phi) is 6.55. The fraction of sp³-hybridized carbons (Fsp3) is 0.250. The Labute approximate surface area is 189 Å². The highest BCUT2D eigenvalue weighted by Crippen LogP contribution is 2.23. The monoisotopic (exact) mass is 452 g/mol. The fourth-order valence-corrected chi connectivity index (χ4v) is 4.09. The van der Waals surface area contributed by atoms with Gasteiger partial charge in [-0.3, -0.25) is 9.10 Å². The molecule has 2 aromatic carbocycles. The Morgan fingerprint density at radius 3 is 2.28 bits per heavy atom. The summed E-state index contributed by atoms with van der Waals surface area (Å²) in [4.78, 5) is 12.4. The molecular weight excluding hydrogens is 424 g/mol. The van der Waals surface area contributed by atoms with Gasteiger partial charge in [0.05, 0.1) is 18.2 Å². The Morgan fingerprint density at radius 2 is 1.69 bits per heavy atom. The summed E-state index contributed by atoms with van der Waals surface area (Å²) in [5.74, 6) is -0.377. The van der Waals surface area contributed by atoms with E-state index in [0.717, 1.165) is 33.2 Å². The summed E-state index contributed by atoms with van der Waals surface area (Å²) in [5, 5.41) is 4.12. The van der Waals surface area contributed by atoms with Gasteiger partial charge in [0.2, 0.25) is 10.0 Å². The molecule has 3 aromatic rings. The minimum Gasteiger partial charge on any atom is -0.318 e. The molecule has 7 nitrogen and oxygen atoms in total. The van der Waals surface area contributed by atoms with Crippen LogP contribution < -0.4 is 9.73 Å². The van der Waals surface area contributed by atoms with E-state index in [9.17, 15) is 13.2 Å². The van der Waals surface area contributed by atoms with Crippen molar-refractivity contribution in [3.8, 4) is 5.69 Å². The van der Waals surface area contributed by atoms with Crippen molar-refractivity contribution in [2.45, 2.75) is 27.7 Å². The van der Waals surface area contributed by atoms with Gasteiger partial charge in [0.25, 0.3) is 5.91 Å². The zero-order valence-electron chi connectivity index (χ0n) is 19.2. The van der Waals surface area contributed by atoms with E-state index in [-0.39, 0.29) is 5.91 Å². The molecule has 0 unspecified atom stereocenters. The lowest BCUT2D eigenvalue weighted by Crippen LogP contribution is -2.25. The van der Waals surface area contributed by atoms with Crippen molar-refractivity contribution in [1.82, 2.24) is 9.99 Å². The molecule has 1 N–H and O–H groups in total. The number of sulfonamides is 1. The number of aryl methyl sites for hydroxylation is 3. The predicted octanol–water partition coefficient (Wildman–Crippen LogP) is 3.87. The number of carbonyl (C=O) groups is 1. The number of aromatic nitrogens is 1. The van der Waals surface area contributed by atoms with Gasteiger partial charge >= 0.3 is 0 Å². The second-order valence-corrected chi connectivity index (χ2v) is 9.94.